The Bertz CT molecular complexity index is 395. The highest BCUT2D eigenvalue weighted by Gasteiger charge is 2.29. The number of guanidine groups is 1. The molecule has 4 N–H and O–H groups in total. The molecule has 0 aromatic heterocycles. The molecule has 0 aromatic rings. The Balaban J connectivity index is 1.71. The summed E-state index contributed by atoms with van der Waals surface area (Å²) in [5.41, 5.74) is 5.67. The van der Waals surface area contributed by atoms with Crippen molar-refractivity contribution in [3.8, 4) is 0 Å². The minimum Gasteiger partial charge on any atom is -0.369 e. The smallest absolute Gasteiger partial charge is 0.231 e. The van der Waals surface area contributed by atoms with Gasteiger partial charge < -0.3 is 16.4 Å². The van der Waals surface area contributed by atoms with E-state index >= 15 is 0 Å². The molecule has 126 valence electrons. The summed E-state index contributed by atoms with van der Waals surface area (Å²) in [6.07, 6.45) is 7.35. The molecule has 0 bridgehead atoms. The zero-order chi connectivity index (χ0) is 16.0. The van der Waals surface area contributed by atoms with E-state index in [1.165, 1.54) is 25.7 Å². The SMILES string of the molecule is CN=C(NCC1(C)CCCC1)NC1CCN(CC(N)=O)CC1. The van der Waals surface area contributed by atoms with Crippen LogP contribution in [0.25, 0.3) is 0 Å². The molecule has 0 aromatic carbocycles. The molecule has 0 spiro atoms. The minimum atomic E-state index is -0.242. The molecule has 1 saturated carbocycles. The van der Waals surface area contributed by atoms with Gasteiger partial charge in [-0.25, -0.2) is 0 Å². The van der Waals surface area contributed by atoms with Crippen LogP contribution in [0.3, 0.4) is 0 Å². The van der Waals surface area contributed by atoms with E-state index in [9.17, 15) is 4.79 Å². The molecular weight excluding hydrogens is 278 g/mol. The van der Waals surface area contributed by atoms with Crippen LogP contribution in [0.1, 0.15) is 45.4 Å². The summed E-state index contributed by atoms with van der Waals surface area (Å²) in [5.74, 6) is 0.662. The van der Waals surface area contributed by atoms with Crippen molar-refractivity contribution >= 4 is 11.9 Å². The van der Waals surface area contributed by atoms with Crippen molar-refractivity contribution < 1.29 is 4.79 Å². The van der Waals surface area contributed by atoms with Gasteiger partial charge in [0, 0.05) is 32.7 Å². The van der Waals surface area contributed by atoms with E-state index in [1.54, 1.807) is 0 Å². The molecule has 2 aliphatic rings. The Labute approximate surface area is 133 Å². The summed E-state index contributed by atoms with van der Waals surface area (Å²) in [7, 11) is 1.83. The maximum absolute atomic E-state index is 11.0. The van der Waals surface area contributed by atoms with Gasteiger partial charge in [-0.05, 0) is 31.1 Å². The zero-order valence-electron chi connectivity index (χ0n) is 14.0. The highest BCUT2D eigenvalue weighted by atomic mass is 16.1. The Morgan fingerprint density at radius 2 is 1.95 bits per heavy atom. The number of amides is 1. The van der Waals surface area contributed by atoms with Crippen molar-refractivity contribution in [2.75, 3.05) is 33.2 Å². The molecule has 0 unspecified atom stereocenters. The van der Waals surface area contributed by atoms with E-state index in [0.29, 0.717) is 18.0 Å². The number of hydrogen-bond donors (Lipinski definition) is 3. The fraction of sp³-hybridized carbons (Fsp3) is 0.875. The van der Waals surface area contributed by atoms with Gasteiger partial charge in [0.15, 0.2) is 5.96 Å². The first-order chi connectivity index (χ1) is 10.5. The Morgan fingerprint density at radius 3 is 2.50 bits per heavy atom. The average molecular weight is 309 g/mol. The van der Waals surface area contributed by atoms with Gasteiger partial charge in [0.2, 0.25) is 5.91 Å². The Hall–Kier alpha value is -1.30. The van der Waals surface area contributed by atoms with Gasteiger partial charge in [0.1, 0.15) is 0 Å². The van der Waals surface area contributed by atoms with E-state index in [-0.39, 0.29) is 5.91 Å². The third-order valence-electron chi connectivity index (χ3n) is 5.02. The number of nitrogens with one attached hydrogen (secondary N) is 2. The fourth-order valence-corrected chi connectivity index (χ4v) is 3.55. The number of nitrogens with zero attached hydrogens (tertiary/aromatic N) is 2. The first kappa shape index (κ1) is 17.1. The largest absolute Gasteiger partial charge is 0.369 e. The van der Waals surface area contributed by atoms with Crippen LogP contribution in [-0.4, -0.2) is 56.0 Å². The second-order valence-electron chi connectivity index (χ2n) is 7.10. The normalized spacial score (nSPS) is 23.5. The van der Waals surface area contributed by atoms with Gasteiger partial charge in [0.25, 0.3) is 0 Å². The summed E-state index contributed by atoms with van der Waals surface area (Å²) >= 11 is 0. The van der Waals surface area contributed by atoms with Crippen molar-refractivity contribution in [3.05, 3.63) is 0 Å². The summed E-state index contributed by atoms with van der Waals surface area (Å²) < 4.78 is 0. The zero-order valence-corrected chi connectivity index (χ0v) is 14.0. The minimum absolute atomic E-state index is 0.242. The molecule has 22 heavy (non-hydrogen) atoms. The number of carbonyl (C=O) groups excluding carboxylic acids is 1. The topological polar surface area (TPSA) is 82.8 Å². The first-order valence-corrected chi connectivity index (χ1v) is 8.49. The number of nitrogens with two attached hydrogens (primary N) is 1. The predicted molar refractivity (Wildman–Crippen MR) is 89.7 cm³/mol. The number of rotatable bonds is 5. The second kappa shape index (κ2) is 7.81. The van der Waals surface area contributed by atoms with Crippen LogP contribution >= 0.6 is 0 Å². The third-order valence-corrected chi connectivity index (χ3v) is 5.02. The van der Waals surface area contributed by atoms with Gasteiger partial charge in [0.05, 0.1) is 6.54 Å². The van der Waals surface area contributed by atoms with E-state index < -0.39 is 0 Å². The number of aliphatic imine (C=N–C) groups is 1. The maximum atomic E-state index is 11.0. The van der Waals surface area contributed by atoms with Gasteiger partial charge in [-0.15, -0.1) is 0 Å². The number of carbonyl (C=O) groups is 1. The molecule has 6 nitrogen and oxygen atoms in total. The van der Waals surface area contributed by atoms with Crippen molar-refractivity contribution in [1.82, 2.24) is 15.5 Å². The van der Waals surface area contributed by atoms with Crippen molar-refractivity contribution in [3.63, 3.8) is 0 Å². The van der Waals surface area contributed by atoms with Crippen LogP contribution in [0.5, 0.6) is 0 Å². The first-order valence-electron chi connectivity index (χ1n) is 8.49. The molecule has 1 aliphatic heterocycles. The lowest BCUT2D eigenvalue weighted by Gasteiger charge is -2.33. The lowest BCUT2D eigenvalue weighted by Crippen LogP contribution is -2.51. The van der Waals surface area contributed by atoms with Gasteiger partial charge in [-0.2, -0.15) is 0 Å². The Kier molecular flexibility index (Phi) is 6.06. The fourth-order valence-electron chi connectivity index (χ4n) is 3.55. The predicted octanol–water partition coefficient (Wildman–Crippen LogP) is 0.681. The van der Waals surface area contributed by atoms with Crippen LogP contribution in [0, 0.1) is 5.41 Å². The Morgan fingerprint density at radius 1 is 1.32 bits per heavy atom. The van der Waals surface area contributed by atoms with Gasteiger partial charge in [-0.1, -0.05) is 19.8 Å². The monoisotopic (exact) mass is 309 g/mol. The maximum Gasteiger partial charge on any atom is 0.231 e. The van der Waals surface area contributed by atoms with Crippen molar-refractivity contribution in [2.45, 2.75) is 51.5 Å². The average Bonchev–Trinajstić information content (AvgIpc) is 2.92. The standard InChI is InChI=1S/C16H31N5O/c1-16(7-3-4-8-16)12-19-15(18-2)20-13-5-9-21(10-6-13)11-14(17)22/h13H,3-12H2,1-2H3,(H2,17,22)(H2,18,19,20). The van der Waals surface area contributed by atoms with E-state index in [2.05, 4.69) is 27.4 Å². The van der Waals surface area contributed by atoms with Crippen LogP contribution in [0.15, 0.2) is 4.99 Å². The van der Waals surface area contributed by atoms with Crippen molar-refractivity contribution in [2.24, 2.45) is 16.1 Å². The van der Waals surface area contributed by atoms with Crippen LogP contribution in [-0.2, 0) is 4.79 Å². The molecule has 2 rings (SSSR count). The number of hydrogen-bond acceptors (Lipinski definition) is 3. The third kappa shape index (κ3) is 5.16. The molecule has 0 atom stereocenters. The molecule has 0 radical (unpaired) electrons. The molecule has 6 heteroatoms. The molecule has 1 aliphatic carbocycles. The number of piperidine rings is 1. The molecule has 1 saturated heterocycles. The molecule has 1 heterocycles. The van der Waals surface area contributed by atoms with Crippen LogP contribution in [0.2, 0.25) is 0 Å². The molecule has 1 amide bonds. The van der Waals surface area contributed by atoms with Crippen LogP contribution < -0.4 is 16.4 Å². The van der Waals surface area contributed by atoms with Crippen molar-refractivity contribution in [1.29, 1.82) is 0 Å². The summed E-state index contributed by atoms with van der Waals surface area (Å²) in [6, 6.07) is 0.423. The van der Waals surface area contributed by atoms with E-state index in [1.807, 2.05) is 7.05 Å². The summed E-state index contributed by atoms with van der Waals surface area (Å²) in [4.78, 5) is 17.4. The quantitative estimate of drug-likeness (QED) is 0.515. The van der Waals surface area contributed by atoms with E-state index in [4.69, 9.17) is 5.73 Å². The molecular formula is C16H31N5O. The summed E-state index contributed by atoms with van der Waals surface area (Å²) in [5, 5.41) is 7.01. The lowest BCUT2D eigenvalue weighted by atomic mass is 9.89. The van der Waals surface area contributed by atoms with Crippen LogP contribution in [0.4, 0.5) is 0 Å². The summed E-state index contributed by atoms with van der Waals surface area (Å²) in [6.45, 7) is 5.55. The number of likely N-dealkylation sites (tertiary alicyclic amines) is 1. The lowest BCUT2D eigenvalue weighted by molar-refractivity contribution is -0.119. The highest BCUT2D eigenvalue weighted by molar-refractivity contribution is 5.80. The number of primary amides is 1. The van der Waals surface area contributed by atoms with E-state index in [0.717, 1.165) is 38.4 Å². The second-order valence-corrected chi connectivity index (χ2v) is 7.10. The molecule has 2 fully saturated rings. The van der Waals surface area contributed by atoms with Gasteiger partial charge >= 0.3 is 0 Å². The van der Waals surface area contributed by atoms with Gasteiger partial charge in [-0.3, -0.25) is 14.7 Å². The highest BCUT2D eigenvalue weighted by Crippen LogP contribution is 2.36.